The molecular formula is C15H18N2S. The van der Waals surface area contributed by atoms with Gasteiger partial charge in [-0.2, -0.15) is 0 Å². The maximum atomic E-state index is 4.30. The fourth-order valence-corrected chi connectivity index (χ4v) is 2.44. The number of nitrogens with one attached hydrogen (secondary N) is 1. The first-order chi connectivity index (χ1) is 8.79. The van der Waals surface area contributed by atoms with Crippen LogP contribution < -0.4 is 5.32 Å². The molecule has 0 aliphatic rings. The quantitative estimate of drug-likeness (QED) is 0.767. The third-order valence-electron chi connectivity index (χ3n) is 2.78. The van der Waals surface area contributed by atoms with Crippen molar-refractivity contribution < 1.29 is 0 Å². The zero-order chi connectivity index (χ0) is 12.8. The number of anilines is 1. The van der Waals surface area contributed by atoms with Crippen LogP contribution in [0.1, 0.15) is 19.8 Å². The first-order valence-electron chi connectivity index (χ1n) is 6.17. The SMILES string of the molecule is C=CCCC(C)Nc1ccc(-c2nccs2)cc1. The molecule has 0 bridgehead atoms. The fourth-order valence-electron chi connectivity index (χ4n) is 1.80. The van der Waals surface area contributed by atoms with Gasteiger partial charge in [0, 0.05) is 28.9 Å². The van der Waals surface area contributed by atoms with Crippen molar-refractivity contribution in [1.29, 1.82) is 0 Å². The molecule has 0 spiro atoms. The van der Waals surface area contributed by atoms with E-state index in [1.807, 2.05) is 17.7 Å². The molecule has 1 N–H and O–H groups in total. The summed E-state index contributed by atoms with van der Waals surface area (Å²) in [6.07, 6.45) is 5.95. The Bertz CT molecular complexity index is 474. The summed E-state index contributed by atoms with van der Waals surface area (Å²) >= 11 is 1.66. The van der Waals surface area contributed by atoms with E-state index < -0.39 is 0 Å². The van der Waals surface area contributed by atoms with Gasteiger partial charge in [0.1, 0.15) is 5.01 Å². The average molecular weight is 258 g/mol. The lowest BCUT2D eigenvalue weighted by Gasteiger charge is -2.14. The second kappa shape index (κ2) is 6.36. The molecule has 94 valence electrons. The molecule has 1 aromatic heterocycles. The van der Waals surface area contributed by atoms with Gasteiger partial charge in [-0.3, -0.25) is 0 Å². The number of hydrogen-bond donors (Lipinski definition) is 1. The van der Waals surface area contributed by atoms with Crippen LogP contribution in [0.2, 0.25) is 0 Å². The number of hydrogen-bond acceptors (Lipinski definition) is 3. The van der Waals surface area contributed by atoms with Gasteiger partial charge in [0.2, 0.25) is 0 Å². The van der Waals surface area contributed by atoms with Crippen LogP contribution in [-0.4, -0.2) is 11.0 Å². The van der Waals surface area contributed by atoms with Crippen molar-refractivity contribution in [1.82, 2.24) is 4.98 Å². The summed E-state index contributed by atoms with van der Waals surface area (Å²) in [5.74, 6) is 0. The van der Waals surface area contributed by atoms with Crippen LogP contribution in [0.25, 0.3) is 10.6 Å². The number of nitrogens with zero attached hydrogens (tertiary/aromatic N) is 1. The number of benzene rings is 1. The van der Waals surface area contributed by atoms with Gasteiger partial charge >= 0.3 is 0 Å². The standard InChI is InChI=1S/C15H18N2S/c1-3-4-5-12(2)17-14-8-6-13(7-9-14)15-16-10-11-18-15/h3,6-12,17H,1,4-5H2,2H3. The van der Waals surface area contributed by atoms with Gasteiger partial charge in [-0.1, -0.05) is 6.08 Å². The highest BCUT2D eigenvalue weighted by Crippen LogP contribution is 2.23. The molecule has 1 aromatic carbocycles. The topological polar surface area (TPSA) is 24.9 Å². The lowest BCUT2D eigenvalue weighted by atomic mass is 10.1. The Morgan fingerprint density at radius 3 is 2.78 bits per heavy atom. The van der Waals surface area contributed by atoms with Crippen molar-refractivity contribution in [2.45, 2.75) is 25.8 Å². The lowest BCUT2D eigenvalue weighted by molar-refractivity contribution is 0.719. The molecule has 3 heteroatoms. The molecule has 18 heavy (non-hydrogen) atoms. The molecule has 0 saturated heterocycles. The molecule has 0 radical (unpaired) electrons. The van der Waals surface area contributed by atoms with E-state index in [1.54, 1.807) is 11.3 Å². The summed E-state index contributed by atoms with van der Waals surface area (Å²) < 4.78 is 0. The van der Waals surface area contributed by atoms with Crippen LogP contribution in [-0.2, 0) is 0 Å². The predicted molar refractivity (Wildman–Crippen MR) is 80.1 cm³/mol. The molecular weight excluding hydrogens is 240 g/mol. The van der Waals surface area contributed by atoms with Gasteiger partial charge in [-0.15, -0.1) is 17.9 Å². The van der Waals surface area contributed by atoms with Crippen LogP contribution >= 0.6 is 11.3 Å². The van der Waals surface area contributed by atoms with E-state index in [0.29, 0.717) is 6.04 Å². The smallest absolute Gasteiger partial charge is 0.123 e. The Hall–Kier alpha value is -1.61. The second-order valence-electron chi connectivity index (χ2n) is 4.33. The van der Waals surface area contributed by atoms with E-state index in [2.05, 4.69) is 48.1 Å². The predicted octanol–water partition coefficient (Wildman–Crippen LogP) is 4.58. The highest BCUT2D eigenvalue weighted by Gasteiger charge is 2.03. The summed E-state index contributed by atoms with van der Waals surface area (Å²) in [4.78, 5) is 4.30. The van der Waals surface area contributed by atoms with E-state index in [0.717, 1.165) is 23.5 Å². The number of thiazole rings is 1. The summed E-state index contributed by atoms with van der Waals surface area (Å²) in [6, 6.07) is 8.92. The first-order valence-corrected chi connectivity index (χ1v) is 7.05. The van der Waals surface area contributed by atoms with Crippen LogP contribution in [0.3, 0.4) is 0 Å². The highest BCUT2D eigenvalue weighted by molar-refractivity contribution is 7.13. The zero-order valence-electron chi connectivity index (χ0n) is 10.6. The van der Waals surface area contributed by atoms with Crippen molar-refractivity contribution in [3.8, 4) is 10.6 Å². The summed E-state index contributed by atoms with van der Waals surface area (Å²) in [7, 11) is 0. The summed E-state index contributed by atoms with van der Waals surface area (Å²) in [5.41, 5.74) is 2.33. The van der Waals surface area contributed by atoms with Gasteiger partial charge in [-0.25, -0.2) is 4.98 Å². The van der Waals surface area contributed by atoms with Gasteiger partial charge in [-0.05, 0) is 44.0 Å². The monoisotopic (exact) mass is 258 g/mol. The van der Waals surface area contributed by atoms with Crippen molar-refractivity contribution in [3.63, 3.8) is 0 Å². The number of allylic oxidation sites excluding steroid dienone is 1. The minimum absolute atomic E-state index is 0.466. The van der Waals surface area contributed by atoms with E-state index in [4.69, 9.17) is 0 Å². The highest BCUT2D eigenvalue weighted by atomic mass is 32.1. The molecule has 2 aromatic rings. The first kappa shape index (κ1) is 12.8. The minimum Gasteiger partial charge on any atom is -0.383 e. The molecule has 2 rings (SSSR count). The van der Waals surface area contributed by atoms with Crippen molar-refractivity contribution >= 4 is 17.0 Å². The Kier molecular flexibility index (Phi) is 4.53. The zero-order valence-corrected chi connectivity index (χ0v) is 11.4. The number of rotatable bonds is 6. The van der Waals surface area contributed by atoms with E-state index in [1.165, 1.54) is 5.56 Å². The van der Waals surface area contributed by atoms with Gasteiger partial charge in [0.25, 0.3) is 0 Å². The lowest BCUT2D eigenvalue weighted by Crippen LogP contribution is -2.14. The largest absolute Gasteiger partial charge is 0.383 e. The van der Waals surface area contributed by atoms with E-state index >= 15 is 0 Å². The third-order valence-corrected chi connectivity index (χ3v) is 3.60. The fraction of sp³-hybridized carbons (Fsp3) is 0.267. The molecule has 1 heterocycles. The Morgan fingerprint density at radius 2 is 2.17 bits per heavy atom. The Balaban J connectivity index is 1.97. The molecule has 1 atom stereocenters. The molecule has 0 amide bonds. The molecule has 0 fully saturated rings. The van der Waals surface area contributed by atoms with Crippen molar-refractivity contribution in [2.24, 2.45) is 0 Å². The maximum Gasteiger partial charge on any atom is 0.123 e. The van der Waals surface area contributed by atoms with Gasteiger partial charge in [0.15, 0.2) is 0 Å². The maximum absolute atomic E-state index is 4.30. The molecule has 0 aliphatic heterocycles. The van der Waals surface area contributed by atoms with Crippen LogP contribution in [0.5, 0.6) is 0 Å². The van der Waals surface area contributed by atoms with Gasteiger partial charge < -0.3 is 5.32 Å². The molecule has 2 nitrogen and oxygen atoms in total. The van der Waals surface area contributed by atoms with Crippen LogP contribution in [0.4, 0.5) is 5.69 Å². The van der Waals surface area contributed by atoms with Crippen LogP contribution in [0.15, 0.2) is 48.5 Å². The second-order valence-corrected chi connectivity index (χ2v) is 5.22. The van der Waals surface area contributed by atoms with Crippen LogP contribution in [0, 0.1) is 0 Å². The third kappa shape index (κ3) is 3.44. The Morgan fingerprint density at radius 1 is 1.39 bits per heavy atom. The van der Waals surface area contributed by atoms with Gasteiger partial charge in [0.05, 0.1) is 0 Å². The van der Waals surface area contributed by atoms with Crippen molar-refractivity contribution in [2.75, 3.05) is 5.32 Å². The molecule has 0 saturated carbocycles. The average Bonchev–Trinajstić information content (AvgIpc) is 2.91. The number of aromatic nitrogens is 1. The van der Waals surface area contributed by atoms with E-state index in [9.17, 15) is 0 Å². The minimum atomic E-state index is 0.466. The molecule has 0 aliphatic carbocycles. The summed E-state index contributed by atoms with van der Waals surface area (Å²) in [5, 5.41) is 6.55. The molecule has 1 unspecified atom stereocenters. The normalized spacial score (nSPS) is 12.1. The Labute approximate surface area is 112 Å². The van der Waals surface area contributed by atoms with E-state index in [-0.39, 0.29) is 0 Å². The summed E-state index contributed by atoms with van der Waals surface area (Å²) in [6.45, 7) is 5.94. The van der Waals surface area contributed by atoms with Crippen molar-refractivity contribution in [3.05, 3.63) is 48.5 Å².